The summed E-state index contributed by atoms with van der Waals surface area (Å²) in [7, 11) is 0. The molecule has 3 aromatic rings. The number of hydrogen-bond donors (Lipinski definition) is 0. The van der Waals surface area contributed by atoms with Crippen LogP contribution < -0.4 is 0 Å². The van der Waals surface area contributed by atoms with Crippen molar-refractivity contribution >= 4 is 28.3 Å². The summed E-state index contributed by atoms with van der Waals surface area (Å²) in [6.07, 6.45) is 0. The molecule has 5 nitrogen and oxygen atoms in total. The highest BCUT2D eigenvalue weighted by atomic mass is 35.5. The van der Waals surface area contributed by atoms with Crippen LogP contribution in [0, 0.1) is 22.9 Å². The Morgan fingerprint density at radius 3 is 2.76 bits per heavy atom. The standard InChI is InChI=1S/C14H9ClFN3O2/c1-8-17-11-4-2-3-5-12(11)18(8)13-6-9(15)10(16)7-14(13)19(20)21/h2-7H,1H3. The van der Waals surface area contributed by atoms with E-state index >= 15 is 0 Å². The van der Waals surface area contributed by atoms with E-state index in [0.29, 0.717) is 16.9 Å². The van der Waals surface area contributed by atoms with Gasteiger partial charge in [-0.3, -0.25) is 14.7 Å². The number of halogens is 2. The molecule has 0 aliphatic heterocycles. The number of fused-ring (bicyclic) bond motifs is 1. The second-order valence-corrected chi connectivity index (χ2v) is 4.90. The molecule has 0 aliphatic rings. The summed E-state index contributed by atoms with van der Waals surface area (Å²) in [6.45, 7) is 1.72. The molecule has 2 aromatic carbocycles. The van der Waals surface area contributed by atoms with E-state index in [-0.39, 0.29) is 16.4 Å². The van der Waals surface area contributed by atoms with Crippen LogP contribution >= 0.6 is 11.6 Å². The van der Waals surface area contributed by atoms with E-state index in [2.05, 4.69) is 4.98 Å². The van der Waals surface area contributed by atoms with Crippen LogP contribution in [0.4, 0.5) is 10.1 Å². The summed E-state index contributed by atoms with van der Waals surface area (Å²) >= 11 is 5.78. The lowest BCUT2D eigenvalue weighted by Crippen LogP contribution is -2.03. The van der Waals surface area contributed by atoms with Crippen LogP contribution in [-0.4, -0.2) is 14.5 Å². The van der Waals surface area contributed by atoms with Gasteiger partial charge in [0.1, 0.15) is 17.3 Å². The lowest BCUT2D eigenvalue weighted by Gasteiger charge is -2.08. The van der Waals surface area contributed by atoms with Crippen molar-refractivity contribution < 1.29 is 9.31 Å². The summed E-state index contributed by atoms with van der Waals surface area (Å²) in [5.74, 6) is -0.267. The van der Waals surface area contributed by atoms with Gasteiger partial charge in [0.15, 0.2) is 0 Å². The maximum atomic E-state index is 13.5. The van der Waals surface area contributed by atoms with Gasteiger partial charge in [0, 0.05) is 0 Å². The Bertz CT molecular complexity index is 876. The van der Waals surface area contributed by atoms with Crippen molar-refractivity contribution in [1.29, 1.82) is 0 Å². The molecule has 0 fully saturated rings. The minimum absolute atomic E-state index is 0.173. The molecule has 0 N–H and O–H groups in total. The topological polar surface area (TPSA) is 61.0 Å². The van der Waals surface area contributed by atoms with Gasteiger partial charge >= 0.3 is 0 Å². The van der Waals surface area contributed by atoms with Crippen LogP contribution in [0.2, 0.25) is 5.02 Å². The first-order chi connectivity index (χ1) is 9.99. The summed E-state index contributed by atoms with van der Waals surface area (Å²) in [4.78, 5) is 14.9. The van der Waals surface area contributed by atoms with E-state index in [4.69, 9.17) is 11.6 Å². The van der Waals surface area contributed by atoms with Crippen LogP contribution in [0.5, 0.6) is 0 Å². The fourth-order valence-electron chi connectivity index (χ4n) is 2.30. The van der Waals surface area contributed by atoms with Gasteiger partial charge in [-0.15, -0.1) is 0 Å². The number of nitro groups is 1. The van der Waals surface area contributed by atoms with Gasteiger partial charge < -0.3 is 0 Å². The van der Waals surface area contributed by atoms with Crippen molar-refractivity contribution in [2.24, 2.45) is 0 Å². The van der Waals surface area contributed by atoms with E-state index in [1.165, 1.54) is 6.07 Å². The molecule has 7 heteroatoms. The second-order valence-electron chi connectivity index (χ2n) is 4.50. The summed E-state index contributed by atoms with van der Waals surface area (Å²) in [6, 6.07) is 9.29. The minimum atomic E-state index is -0.825. The Balaban J connectivity index is 2.40. The molecular weight excluding hydrogens is 297 g/mol. The first-order valence-corrected chi connectivity index (χ1v) is 6.44. The molecule has 0 saturated carbocycles. The van der Waals surface area contributed by atoms with E-state index in [9.17, 15) is 14.5 Å². The molecule has 1 aromatic heterocycles. The minimum Gasteiger partial charge on any atom is -0.290 e. The van der Waals surface area contributed by atoms with Crippen LogP contribution in [0.3, 0.4) is 0 Å². The Labute approximate surface area is 123 Å². The smallest absolute Gasteiger partial charge is 0.290 e. The molecule has 3 rings (SSSR count). The number of para-hydroxylation sites is 2. The molecule has 0 aliphatic carbocycles. The monoisotopic (exact) mass is 305 g/mol. The molecule has 0 radical (unpaired) electrons. The molecular formula is C14H9ClFN3O2. The highest BCUT2D eigenvalue weighted by Crippen LogP contribution is 2.32. The van der Waals surface area contributed by atoms with Crippen LogP contribution in [0.1, 0.15) is 5.82 Å². The largest absolute Gasteiger partial charge is 0.296 e. The van der Waals surface area contributed by atoms with Crippen molar-refractivity contribution in [3.05, 3.63) is 63.2 Å². The Morgan fingerprint density at radius 2 is 2.05 bits per heavy atom. The summed E-state index contributed by atoms with van der Waals surface area (Å²) in [5, 5.41) is 11.0. The van der Waals surface area contributed by atoms with E-state index in [1.54, 1.807) is 29.7 Å². The first-order valence-electron chi connectivity index (χ1n) is 6.07. The van der Waals surface area contributed by atoms with E-state index < -0.39 is 10.7 Å². The third-order valence-electron chi connectivity index (χ3n) is 3.18. The molecule has 0 amide bonds. The van der Waals surface area contributed by atoms with Gasteiger partial charge in [-0.1, -0.05) is 23.7 Å². The SMILES string of the molecule is Cc1nc2ccccc2n1-c1cc(Cl)c(F)cc1[N+](=O)[O-]. The lowest BCUT2D eigenvalue weighted by atomic mass is 10.2. The van der Waals surface area contributed by atoms with Gasteiger partial charge in [-0.25, -0.2) is 9.37 Å². The number of imidazole rings is 1. The number of benzene rings is 2. The van der Waals surface area contributed by atoms with Crippen molar-refractivity contribution in [2.45, 2.75) is 6.92 Å². The number of nitrogens with zero attached hydrogens (tertiary/aromatic N) is 3. The third-order valence-corrected chi connectivity index (χ3v) is 3.47. The van der Waals surface area contributed by atoms with Gasteiger partial charge in [0.05, 0.1) is 27.0 Å². The van der Waals surface area contributed by atoms with Crippen molar-refractivity contribution in [3.8, 4) is 5.69 Å². The van der Waals surface area contributed by atoms with Crippen LogP contribution in [0.15, 0.2) is 36.4 Å². The molecule has 0 saturated heterocycles. The Hall–Kier alpha value is -2.47. The summed E-state index contributed by atoms with van der Waals surface area (Å²) in [5.41, 5.74) is 1.23. The van der Waals surface area contributed by atoms with Gasteiger partial charge in [0.25, 0.3) is 5.69 Å². The van der Waals surface area contributed by atoms with Crippen molar-refractivity contribution in [3.63, 3.8) is 0 Å². The third kappa shape index (κ3) is 2.13. The molecule has 0 atom stereocenters. The van der Waals surface area contributed by atoms with Gasteiger partial charge in [-0.05, 0) is 25.1 Å². The van der Waals surface area contributed by atoms with Crippen molar-refractivity contribution in [1.82, 2.24) is 9.55 Å². The molecule has 0 spiro atoms. The highest BCUT2D eigenvalue weighted by molar-refractivity contribution is 6.31. The predicted molar refractivity (Wildman–Crippen MR) is 77.4 cm³/mol. The van der Waals surface area contributed by atoms with Crippen LogP contribution in [-0.2, 0) is 0 Å². The van der Waals surface area contributed by atoms with Crippen LogP contribution in [0.25, 0.3) is 16.7 Å². The van der Waals surface area contributed by atoms with Crippen molar-refractivity contribution in [2.75, 3.05) is 0 Å². The number of hydrogen-bond acceptors (Lipinski definition) is 3. The van der Waals surface area contributed by atoms with Gasteiger partial charge in [-0.2, -0.15) is 0 Å². The fourth-order valence-corrected chi connectivity index (χ4v) is 2.46. The number of aromatic nitrogens is 2. The Kier molecular flexibility index (Phi) is 3.10. The normalized spacial score (nSPS) is 11.0. The molecule has 0 unspecified atom stereocenters. The molecule has 106 valence electrons. The van der Waals surface area contributed by atoms with E-state index in [1.807, 2.05) is 6.07 Å². The highest BCUT2D eigenvalue weighted by Gasteiger charge is 2.22. The Morgan fingerprint density at radius 1 is 1.33 bits per heavy atom. The van der Waals surface area contributed by atoms with E-state index in [0.717, 1.165) is 6.07 Å². The molecule has 1 heterocycles. The lowest BCUT2D eigenvalue weighted by molar-refractivity contribution is -0.384. The van der Waals surface area contributed by atoms with Gasteiger partial charge in [0.2, 0.25) is 0 Å². The quantitative estimate of drug-likeness (QED) is 0.530. The number of nitro benzene ring substituents is 1. The number of aryl methyl sites for hydroxylation is 1. The predicted octanol–water partition coefficient (Wildman–Crippen LogP) is 4.03. The summed E-state index contributed by atoms with van der Waals surface area (Å²) < 4.78 is 15.1. The fraction of sp³-hybridized carbons (Fsp3) is 0.0714. The average molecular weight is 306 g/mol. The second kappa shape index (κ2) is 4.82. The molecule has 21 heavy (non-hydrogen) atoms. The number of rotatable bonds is 2. The zero-order chi connectivity index (χ0) is 15.1. The zero-order valence-corrected chi connectivity index (χ0v) is 11.6. The zero-order valence-electron chi connectivity index (χ0n) is 10.9. The maximum Gasteiger partial charge on any atom is 0.296 e. The maximum absolute atomic E-state index is 13.5. The molecule has 0 bridgehead atoms. The first kappa shape index (κ1) is 13.5. The average Bonchev–Trinajstić information content (AvgIpc) is 2.77.